The predicted octanol–water partition coefficient (Wildman–Crippen LogP) is 2.62. The van der Waals surface area contributed by atoms with Crippen LogP contribution in [0, 0.1) is 5.82 Å². The second kappa shape index (κ2) is 5.61. The fourth-order valence-corrected chi connectivity index (χ4v) is 1.96. The van der Waals surface area contributed by atoms with Crippen molar-refractivity contribution in [1.82, 2.24) is 5.32 Å². The average Bonchev–Trinajstić information content (AvgIpc) is 2.82. The molecule has 0 aromatic heterocycles. The molecule has 0 spiro atoms. The van der Waals surface area contributed by atoms with Crippen LogP contribution in [0.15, 0.2) is 29.4 Å². The number of hydrogen-bond donors (Lipinski definition) is 1. The van der Waals surface area contributed by atoms with E-state index >= 15 is 0 Å². The van der Waals surface area contributed by atoms with Crippen LogP contribution >= 0.6 is 0 Å². The maximum absolute atomic E-state index is 13.2. The number of rotatable bonds is 4. The van der Waals surface area contributed by atoms with Gasteiger partial charge in [-0.15, -0.1) is 0 Å². The molecule has 1 amide bonds. The van der Waals surface area contributed by atoms with E-state index in [2.05, 4.69) is 10.5 Å². The van der Waals surface area contributed by atoms with Crippen LogP contribution in [-0.4, -0.2) is 23.3 Å². The van der Waals surface area contributed by atoms with Gasteiger partial charge in [0.05, 0.1) is 5.71 Å². The molecule has 1 N–H and O–H groups in total. The Balaban J connectivity index is 2.08. The third-order valence-corrected chi connectivity index (χ3v) is 3.49. The molecule has 1 aliphatic heterocycles. The molecule has 0 fully saturated rings. The van der Waals surface area contributed by atoms with E-state index in [1.807, 2.05) is 13.8 Å². The summed E-state index contributed by atoms with van der Waals surface area (Å²) < 4.78 is 13.2. The summed E-state index contributed by atoms with van der Waals surface area (Å²) in [6.45, 7) is 5.63. The van der Waals surface area contributed by atoms with Gasteiger partial charge in [0.25, 0.3) is 5.91 Å². The highest BCUT2D eigenvalue weighted by atomic mass is 19.1. The van der Waals surface area contributed by atoms with Crippen LogP contribution in [0.4, 0.5) is 4.39 Å². The lowest BCUT2D eigenvalue weighted by molar-refractivity contribution is -0.142. The summed E-state index contributed by atoms with van der Waals surface area (Å²) in [4.78, 5) is 17.5. The summed E-state index contributed by atoms with van der Waals surface area (Å²) in [7, 11) is 0. The van der Waals surface area contributed by atoms with E-state index in [1.165, 1.54) is 12.1 Å². The summed E-state index contributed by atoms with van der Waals surface area (Å²) in [6, 6.07) is 6.21. The largest absolute Gasteiger partial charge is 0.379 e. The molecule has 0 saturated heterocycles. The third-order valence-electron chi connectivity index (χ3n) is 3.49. The topological polar surface area (TPSA) is 50.7 Å². The number of nitrogens with one attached hydrogen (secondary N) is 1. The Hall–Kier alpha value is -1.91. The molecule has 2 rings (SSSR count). The zero-order valence-electron chi connectivity index (χ0n) is 11.9. The van der Waals surface area contributed by atoms with E-state index in [1.54, 1.807) is 19.1 Å². The van der Waals surface area contributed by atoms with Gasteiger partial charge in [0, 0.05) is 18.0 Å². The molecule has 5 heteroatoms. The first kappa shape index (κ1) is 14.5. The molecule has 1 aromatic carbocycles. The van der Waals surface area contributed by atoms with E-state index in [-0.39, 0.29) is 17.8 Å². The lowest BCUT2D eigenvalue weighted by atomic mass is 9.94. The minimum Gasteiger partial charge on any atom is -0.379 e. The molecule has 0 aliphatic carbocycles. The first-order valence-electron chi connectivity index (χ1n) is 6.76. The number of nitrogens with zero attached hydrogens (tertiary/aromatic N) is 1. The lowest BCUT2D eigenvalue weighted by Crippen LogP contribution is -2.47. The zero-order valence-corrected chi connectivity index (χ0v) is 11.9. The van der Waals surface area contributed by atoms with Crippen LogP contribution in [-0.2, 0) is 9.63 Å². The highest BCUT2D eigenvalue weighted by Crippen LogP contribution is 2.27. The van der Waals surface area contributed by atoms with Gasteiger partial charge in [-0.25, -0.2) is 4.39 Å². The van der Waals surface area contributed by atoms with Gasteiger partial charge in [-0.05, 0) is 32.4 Å². The number of carbonyl (C=O) groups excluding carboxylic acids is 1. The van der Waals surface area contributed by atoms with Gasteiger partial charge >= 0.3 is 0 Å². The Morgan fingerprint density at radius 1 is 1.60 bits per heavy atom. The molecule has 0 bridgehead atoms. The Kier molecular flexibility index (Phi) is 4.06. The molecule has 1 aromatic rings. The van der Waals surface area contributed by atoms with Crippen LogP contribution in [0.3, 0.4) is 0 Å². The molecule has 0 unspecified atom stereocenters. The van der Waals surface area contributed by atoms with Crippen molar-refractivity contribution in [3.05, 3.63) is 35.6 Å². The molecule has 108 valence electrons. The fraction of sp³-hybridized carbons (Fsp3) is 0.467. The van der Waals surface area contributed by atoms with E-state index in [4.69, 9.17) is 4.84 Å². The minimum absolute atomic E-state index is 0.0844. The van der Waals surface area contributed by atoms with Gasteiger partial charge in [0.1, 0.15) is 5.82 Å². The number of benzene rings is 1. The zero-order chi connectivity index (χ0) is 14.8. The highest BCUT2D eigenvalue weighted by Gasteiger charge is 2.42. The van der Waals surface area contributed by atoms with E-state index < -0.39 is 5.60 Å². The molecular formula is C15H19FN2O2. The summed E-state index contributed by atoms with van der Waals surface area (Å²) in [6.07, 6.45) is 1.18. The van der Waals surface area contributed by atoms with Gasteiger partial charge in [-0.1, -0.05) is 24.2 Å². The van der Waals surface area contributed by atoms with Gasteiger partial charge in [0.2, 0.25) is 5.60 Å². The summed E-state index contributed by atoms with van der Waals surface area (Å²) in [5.41, 5.74) is 0.210. The predicted molar refractivity (Wildman–Crippen MR) is 74.9 cm³/mol. The SMILES string of the molecule is CC[C@H](C)NC(=O)[C@]1(C)CC(c2cccc(F)c2)=NO1. The van der Waals surface area contributed by atoms with Crippen molar-refractivity contribution in [1.29, 1.82) is 0 Å². The van der Waals surface area contributed by atoms with Crippen LogP contribution in [0.1, 0.15) is 39.2 Å². The van der Waals surface area contributed by atoms with Gasteiger partial charge in [-0.2, -0.15) is 0 Å². The molecule has 0 saturated carbocycles. The summed E-state index contributed by atoms with van der Waals surface area (Å²) in [5.74, 6) is -0.523. The Bertz CT molecular complexity index is 544. The number of amides is 1. The maximum Gasteiger partial charge on any atom is 0.267 e. The molecule has 2 atom stereocenters. The molecule has 0 radical (unpaired) electrons. The first-order valence-corrected chi connectivity index (χ1v) is 6.76. The van der Waals surface area contributed by atoms with E-state index in [9.17, 15) is 9.18 Å². The van der Waals surface area contributed by atoms with Crippen LogP contribution in [0.25, 0.3) is 0 Å². The van der Waals surface area contributed by atoms with Crippen molar-refractivity contribution in [2.75, 3.05) is 0 Å². The maximum atomic E-state index is 13.2. The van der Waals surface area contributed by atoms with Crippen molar-refractivity contribution >= 4 is 11.6 Å². The van der Waals surface area contributed by atoms with E-state index in [0.29, 0.717) is 17.7 Å². The molecule has 1 heterocycles. The lowest BCUT2D eigenvalue weighted by Gasteiger charge is -2.22. The smallest absolute Gasteiger partial charge is 0.267 e. The van der Waals surface area contributed by atoms with Crippen LogP contribution in [0.5, 0.6) is 0 Å². The fourth-order valence-electron chi connectivity index (χ4n) is 1.96. The summed E-state index contributed by atoms with van der Waals surface area (Å²) >= 11 is 0. The van der Waals surface area contributed by atoms with Crippen LogP contribution in [0.2, 0.25) is 0 Å². The van der Waals surface area contributed by atoms with Crippen molar-refractivity contribution in [3.63, 3.8) is 0 Å². The van der Waals surface area contributed by atoms with Gasteiger partial charge < -0.3 is 10.2 Å². The van der Waals surface area contributed by atoms with Crippen molar-refractivity contribution < 1.29 is 14.0 Å². The molecule has 4 nitrogen and oxygen atoms in total. The minimum atomic E-state index is -1.02. The number of hydrogen-bond acceptors (Lipinski definition) is 3. The van der Waals surface area contributed by atoms with Gasteiger partial charge in [0.15, 0.2) is 0 Å². The first-order chi connectivity index (χ1) is 9.44. The van der Waals surface area contributed by atoms with Crippen molar-refractivity contribution in [3.8, 4) is 0 Å². The second-order valence-corrected chi connectivity index (χ2v) is 5.33. The van der Waals surface area contributed by atoms with Crippen molar-refractivity contribution in [2.24, 2.45) is 5.16 Å². The monoisotopic (exact) mass is 278 g/mol. The van der Waals surface area contributed by atoms with Crippen LogP contribution < -0.4 is 5.32 Å². The number of halogens is 1. The van der Waals surface area contributed by atoms with Gasteiger partial charge in [-0.3, -0.25) is 4.79 Å². The molecular weight excluding hydrogens is 259 g/mol. The molecule has 20 heavy (non-hydrogen) atoms. The number of oxime groups is 1. The molecule has 1 aliphatic rings. The summed E-state index contributed by atoms with van der Waals surface area (Å²) in [5, 5.41) is 6.83. The van der Waals surface area contributed by atoms with E-state index in [0.717, 1.165) is 6.42 Å². The quantitative estimate of drug-likeness (QED) is 0.920. The second-order valence-electron chi connectivity index (χ2n) is 5.33. The Morgan fingerprint density at radius 3 is 3.00 bits per heavy atom. The standard InChI is InChI=1S/C15H19FN2O2/c1-4-10(2)17-14(19)15(3)9-13(18-20-15)11-6-5-7-12(16)8-11/h5-8,10H,4,9H2,1-3H3,(H,17,19)/t10-,15-/m0/s1. The Morgan fingerprint density at radius 2 is 2.35 bits per heavy atom. The number of carbonyl (C=O) groups is 1. The average molecular weight is 278 g/mol. The highest BCUT2D eigenvalue weighted by molar-refractivity contribution is 6.05. The normalized spacial score (nSPS) is 22.9. The van der Waals surface area contributed by atoms with Crippen molar-refractivity contribution in [2.45, 2.75) is 45.3 Å². The third kappa shape index (κ3) is 2.98. The Labute approximate surface area is 118 Å².